The van der Waals surface area contributed by atoms with Crippen molar-refractivity contribution in [3.8, 4) is 33.4 Å². The first-order valence-corrected chi connectivity index (χ1v) is 18.6. The van der Waals surface area contributed by atoms with Gasteiger partial charge < -0.3 is 4.90 Å². The number of nitrogens with zero attached hydrogens (tertiary/aromatic N) is 1. The molecule has 2 heteroatoms. The fraction of sp³-hybridized carbons (Fsp3) is 0. The van der Waals surface area contributed by atoms with E-state index >= 15 is 0 Å². The summed E-state index contributed by atoms with van der Waals surface area (Å²) in [6, 6.07) is 73.0. The minimum absolute atomic E-state index is 1.11. The molecule has 0 aliphatic rings. The fourth-order valence-corrected chi connectivity index (χ4v) is 8.92. The van der Waals surface area contributed by atoms with Crippen LogP contribution in [0.2, 0.25) is 0 Å². The van der Waals surface area contributed by atoms with E-state index in [2.05, 4.69) is 205 Å². The van der Waals surface area contributed by atoms with Crippen molar-refractivity contribution >= 4 is 70.1 Å². The maximum atomic E-state index is 2.50. The van der Waals surface area contributed by atoms with Gasteiger partial charge in [-0.05, 0) is 80.4 Å². The van der Waals surface area contributed by atoms with Crippen LogP contribution in [0.5, 0.6) is 0 Å². The second-order valence-electron chi connectivity index (χ2n) is 13.3. The van der Waals surface area contributed by atoms with Gasteiger partial charge in [0.2, 0.25) is 0 Å². The van der Waals surface area contributed by atoms with Crippen molar-refractivity contribution in [3.63, 3.8) is 0 Å². The third-order valence-electron chi connectivity index (χ3n) is 10.3. The molecule has 9 aromatic carbocycles. The van der Waals surface area contributed by atoms with Gasteiger partial charge in [-0.15, -0.1) is 11.3 Å². The van der Waals surface area contributed by atoms with E-state index < -0.39 is 0 Å². The SMILES string of the molecule is c1ccc(-c2ccc(-c3c(N(c4ccc(-c5ccccc5)cc4)c4cc5ccccc5c5ccccc45)ccc4sc5ccccc5c34)cc2)cc1. The second kappa shape index (κ2) is 12.7. The molecule has 10 aromatic rings. The van der Waals surface area contributed by atoms with Crippen LogP contribution in [0.25, 0.3) is 75.1 Å². The Morgan fingerprint density at radius 1 is 0.327 bits per heavy atom. The van der Waals surface area contributed by atoms with Crippen molar-refractivity contribution in [2.24, 2.45) is 0 Å². The molecule has 1 nitrogen and oxygen atoms in total. The Morgan fingerprint density at radius 2 is 0.846 bits per heavy atom. The molecule has 0 saturated heterocycles. The van der Waals surface area contributed by atoms with E-state index in [0.717, 1.165) is 17.1 Å². The van der Waals surface area contributed by atoms with Crippen LogP contribution in [0.1, 0.15) is 0 Å². The van der Waals surface area contributed by atoms with Gasteiger partial charge in [0.25, 0.3) is 0 Å². The summed E-state index contributed by atoms with van der Waals surface area (Å²) >= 11 is 1.87. The molecule has 0 spiro atoms. The standard InChI is InChI=1S/C50H33NS/c1-3-13-34(14-4-1)36-23-25-38(26-24-36)49-45(31-32-48-50(49)44-21-11-12-22-47(44)52-48)51(40-29-27-37(28-30-40)35-15-5-2-6-16-35)46-33-39-17-7-8-18-41(39)42-19-9-10-20-43(42)46/h1-33H. The number of hydrogen-bond donors (Lipinski definition) is 0. The molecule has 0 unspecified atom stereocenters. The Hall–Kier alpha value is -6.48. The molecule has 0 saturated carbocycles. The van der Waals surface area contributed by atoms with E-state index in [1.54, 1.807) is 0 Å². The summed E-state index contributed by atoms with van der Waals surface area (Å²) in [4.78, 5) is 2.50. The summed E-state index contributed by atoms with van der Waals surface area (Å²) in [5, 5.41) is 7.53. The van der Waals surface area contributed by atoms with Crippen molar-refractivity contribution in [2.45, 2.75) is 0 Å². The average Bonchev–Trinajstić information content (AvgIpc) is 3.61. The monoisotopic (exact) mass is 679 g/mol. The third-order valence-corrected chi connectivity index (χ3v) is 11.4. The van der Waals surface area contributed by atoms with Gasteiger partial charge in [-0.2, -0.15) is 0 Å². The highest BCUT2D eigenvalue weighted by atomic mass is 32.1. The van der Waals surface area contributed by atoms with E-state index in [0.29, 0.717) is 0 Å². The van der Waals surface area contributed by atoms with E-state index in [9.17, 15) is 0 Å². The highest BCUT2D eigenvalue weighted by Gasteiger charge is 2.24. The highest BCUT2D eigenvalue weighted by Crippen LogP contribution is 2.50. The van der Waals surface area contributed by atoms with Gasteiger partial charge in [-0.1, -0.05) is 164 Å². The lowest BCUT2D eigenvalue weighted by Crippen LogP contribution is -2.12. The summed E-state index contributed by atoms with van der Waals surface area (Å²) < 4.78 is 2.58. The van der Waals surface area contributed by atoms with Crippen molar-refractivity contribution in [2.75, 3.05) is 4.90 Å². The lowest BCUT2D eigenvalue weighted by Gasteiger charge is -2.30. The van der Waals surface area contributed by atoms with Crippen LogP contribution >= 0.6 is 11.3 Å². The molecule has 1 aromatic heterocycles. The molecule has 0 N–H and O–H groups in total. The van der Waals surface area contributed by atoms with Crippen LogP contribution in [-0.4, -0.2) is 0 Å². The van der Waals surface area contributed by atoms with Gasteiger partial charge in [0.15, 0.2) is 0 Å². The van der Waals surface area contributed by atoms with Crippen molar-refractivity contribution in [3.05, 3.63) is 200 Å². The van der Waals surface area contributed by atoms with Gasteiger partial charge in [-0.3, -0.25) is 0 Å². The van der Waals surface area contributed by atoms with Gasteiger partial charge in [-0.25, -0.2) is 0 Å². The van der Waals surface area contributed by atoms with E-state index in [-0.39, 0.29) is 0 Å². The zero-order valence-electron chi connectivity index (χ0n) is 28.4. The lowest BCUT2D eigenvalue weighted by molar-refractivity contribution is 1.31. The number of hydrogen-bond acceptors (Lipinski definition) is 2. The van der Waals surface area contributed by atoms with Crippen LogP contribution in [-0.2, 0) is 0 Å². The quantitative estimate of drug-likeness (QED) is 0.158. The normalized spacial score (nSPS) is 11.5. The van der Waals surface area contributed by atoms with Gasteiger partial charge >= 0.3 is 0 Å². The highest BCUT2D eigenvalue weighted by molar-refractivity contribution is 7.26. The summed E-state index contributed by atoms with van der Waals surface area (Å²) in [5.74, 6) is 0. The molecule has 244 valence electrons. The molecular formula is C50H33NS. The topological polar surface area (TPSA) is 3.24 Å². The first-order chi connectivity index (χ1) is 25.8. The molecule has 0 bridgehead atoms. The molecule has 0 aliphatic heterocycles. The molecule has 0 aliphatic carbocycles. The maximum absolute atomic E-state index is 2.50. The zero-order chi connectivity index (χ0) is 34.4. The number of anilines is 3. The Kier molecular flexibility index (Phi) is 7.41. The number of fused-ring (bicyclic) bond motifs is 6. The molecule has 0 amide bonds. The Labute approximate surface area is 307 Å². The van der Waals surface area contributed by atoms with Crippen LogP contribution in [0.15, 0.2) is 200 Å². The molecule has 1 heterocycles. The van der Waals surface area contributed by atoms with Crippen LogP contribution < -0.4 is 4.90 Å². The van der Waals surface area contributed by atoms with Crippen LogP contribution in [0, 0.1) is 0 Å². The van der Waals surface area contributed by atoms with E-state index in [1.807, 2.05) is 11.3 Å². The lowest BCUT2D eigenvalue weighted by atomic mass is 9.93. The molecule has 0 fully saturated rings. The fourth-order valence-electron chi connectivity index (χ4n) is 7.81. The summed E-state index contributed by atoms with van der Waals surface area (Å²) in [7, 11) is 0. The van der Waals surface area contributed by atoms with Crippen molar-refractivity contribution < 1.29 is 0 Å². The first-order valence-electron chi connectivity index (χ1n) is 17.8. The summed E-state index contributed by atoms with van der Waals surface area (Å²) in [6.45, 7) is 0. The first kappa shape index (κ1) is 30.4. The molecular weight excluding hydrogens is 647 g/mol. The van der Waals surface area contributed by atoms with Crippen molar-refractivity contribution in [1.82, 2.24) is 0 Å². The summed E-state index contributed by atoms with van der Waals surface area (Å²) in [6.07, 6.45) is 0. The summed E-state index contributed by atoms with van der Waals surface area (Å²) in [5.41, 5.74) is 10.7. The largest absolute Gasteiger partial charge is 0.309 e. The van der Waals surface area contributed by atoms with Gasteiger partial charge in [0, 0.05) is 36.8 Å². The molecule has 0 radical (unpaired) electrons. The van der Waals surface area contributed by atoms with E-state index in [1.165, 1.54) is 75.1 Å². The number of benzene rings is 9. The maximum Gasteiger partial charge on any atom is 0.0547 e. The Balaban J connectivity index is 1.28. The smallest absolute Gasteiger partial charge is 0.0547 e. The second-order valence-corrected chi connectivity index (χ2v) is 14.4. The average molecular weight is 680 g/mol. The predicted octanol–water partition coefficient (Wildman–Crippen LogP) is 14.8. The molecule has 52 heavy (non-hydrogen) atoms. The van der Waals surface area contributed by atoms with Gasteiger partial charge in [0.1, 0.15) is 0 Å². The molecule has 10 rings (SSSR count). The minimum atomic E-state index is 1.11. The number of thiophene rings is 1. The Bertz CT molecular complexity index is 2870. The third kappa shape index (κ3) is 5.16. The number of rotatable bonds is 6. The van der Waals surface area contributed by atoms with Crippen LogP contribution in [0.3, 0.4) is 0 Å². The van der Waals surface area contributed by atoms with Crippen molar-refractivity contribution in [1.29, 1.82) is 0 Å². The van der Waals surface area contributed by atoms with Gasteiger partial charge in [0.05, 0.1) is 11.4 Å². The Morgan fingerprint density at radius 3 is 1.54 bits per heavy atom. The molecule has 0 atom stereocenters. The van der Waals surface area contributed by atoms with E-state index in [4.69, 9.17) is 0 Å². The predicted molar refractivity (Wildman–Crippen MR) is 225 cm³/mol. The zero-order valence-corrected chi connectivity index (χ0v) is 29.2. The minimum Gasteiger partial charge on any atom is -0.309 e. The van der Waals surface area contributed by atoms with Crippen LogP contribution in [0.4, 0.5) is 17.1 Å².